The summed E-state index contributed by atoms with van der Waals surface area (Å²) < 4.78 is 10.5. The van der Waals surface area contributed by atoms with Crippen LogP contribution in [0.5, 0.6) is 0 Å². The second-order valence-electron chi connectivity index (χ2n) is 5.45. The molecule has 2 rings (SSSR count). The lowest BCUT2D eigenvalue weighted by molar-refractivity contribution is 0.0181. The third-order valence-electron chi connectivity index (χ3n) is 3.81. The molecule has 2 atom stereocenters. The quantitative estimate of drug-likeness (QED) is 0.905. The van der Waals surface area contributed by atoms with Crippen molar-refractivity contribution in [3.05, 3.63) is 34.9 Å². The van der Waals surface area contributed by atoms with Gasteiger partial charge in [0, 0.05) is 25.3 Å². The van der Waals surface area contributed by atoms with Gasteiger partial charge in [-0.05, 0) is 31.0 Å². The first-order valence-electron chi connectivity index (χ1n) is 7.51. The fraction of sp³-hybridized carbons (Fsp3) is 0.562. The Balaban J connectivity index is 2.05. The molecule has 1 aromatic carbocycles. The lowest BCUT2D eigenvalue weighted by atomic mass is 10.0. The van der Waals surface area contributed by atoms with Crippen molar-refractivity contribution in [1.82, 2.24) is 10.2 Å². The number of rotatable bonds is 5. The topological polar surface area (TPSA) is 50.8 Å². The number of ether oxygens (including phenoxy) is 2. The maximum absolute atomic E-state index is 12.5. The van der Waals surface area contributed by atoms with Crippen molar-refractivity contribution in [3.8, 4) is 0 Å². The minimum Gasteiger partial charge on any atom is -0.385 e. The minimum atomic E-state index is -0.0974. The molecule has 2 amide bonds. The predicted octanol–water partition coefficient (Wildman–Crippen LogP) is 2.85. The first-order chi connectivity index (χ1) is 10.6. The van der Waals surface area contributed by atoms with Crippen molar-refractivity contribution in [3.63, 3.8) is 0 Å². The maximum Gasteiger partial charge on any atom is 0.318 e. The number of hydrogen-bond acceptors (Lipinski definition) is 3. The number of urea groups is 1. The fourth-order valence-electron chi connectivity index (χ4n) is 2.51. The van der Waals surface area contributed by atoms with Gasteiger partial charge in [0.15, 0.2) is 0 Å². The summed E-state index contributed by atoms with van der Waals surface area (Å²) in [4.78, 5) is 14.3. The number of halogens is 1. The number of hydrogen-bond donors (Lipinski definition) is 1. The van der Waals surface area contributed by atoms with Crippen LogP contribution in [0.3, 0.4) is 0 Å². The van der Waals surface area contributed by atoms with E-state index >= 15 is 0 Å². The summed E-state index contributed by atoms with van der Waals surface area (Å²) in [6.45, 7) is 4.35. The van der Waals surface area contributed by atoms with Crippen LogP contribution >= 0.6 is 11.6 Å². The van der Waals surface area contributed by atoms with Crippen LogP contribution in [0.25, 0.3) is 0 Å². The Kier molecular flexibility index (Phi) is 6.49. The highest BCUT2D eigenvalue weighted by atomic mass is 35.5. The average molecular weight is 327 g/mol. The molecule has 0 saturated carbocycles. The number of nitrogens with one attached hydrogen (secondary N) is 1. The molecule has 0 unspecified atom stereocenters. The SMILES string of the molecule is COCC[C@H](NC(=O)N1CCOC[C@@H]1C)c1ccc(Cl)cc1. The molecule has 1 aliphatic rings. The Morgan fingerprint density at radius 2 is 2.23 bits per heavy atom. The van der Waals surface area contributed by atoms with Crippen LogP contribution in [-0.4, -0.2) is 50.4 Å². The van der Waals surface area contributed by atoms with Crippen molar-refractivity contribution in [2.45, 2.75) is 25.4 Å². The van der Waals surface area contributed by atoms with E-state index in [0.29, 0.717) is 37.8 Å². The molecule has 122 valence electrons. The predicted molar refractivity (Wildman–Crippen MR) is 86.2 cm³/mol. The molecular formula is C16H23ClN2O3. The van der Waals surface area contributed by atoms with Crippen LogP contribution in [0.4, 0.5) is 4.79 Å². The van der Waals surface area contributed by atoms with Gasteiger partial charge in [0.25, 0.3) is 0 Å². The van der Waals surface area contributed by atoms with E-state index in [1.807, 2.05) is 36.1 Å². The van der Waals surface area contributed by atoms with E-state index in [4.69, 9.17) is 21.1 Å². The van der Waals surface area contributed by atoms with E-state index in [-0.39, 0.29) is 18.1 Å². The molecule has 0 aliphatic carbocycles. The smallest absolute Gasteiger partial charge is 0.318 e. The molecule has 0 radical (unpaired) electrons. The number of nitrogens with zero attached hydrogens (tertiary/aromatic N) is 1. The number of amides is 2. The molecular weight excluding hydrogens is 304 g/mol. The molecule has 0 aromatic heterocycles. The van der Waals surface area contributed by atoms with Gasteiger partial charge >= 0.3 is 6.03 Å². The number of morpholine rings is 1. The van der Waals surface area contributed by atoms with Gasteiger partial charge in [-0.25, -0.2) is 4.79 Å². The molecule has 1 aromatic rings. The third kappa shape index (κ3) is 4.60. The number of carbonyl (C=O) groups excluding carboxylic acids is 1. The van der Waals surface area contributed by atoms with E-state index < -0.39 is 0 Å². The highest BCUT2D eigenvalue weighted by Crippen LogP contribution is 2.20. The first-order valence-corrected chi connectivity index (χ1v) is 7.89. The van der Waals surface area contributed by atoms with E-state index in [2.05, 4.69) is 5.32 Å². The van der Waals surface area contributed by atoms with Crippen LogP contribution < -0.4 is 5.32 Å². The Morgan fingerprint density at radius 3 is 2.86 bits per heavy atom. The summed E-state index contributed by atoms with van der Waals surface area (Å²) >= 11 is 5.93. The van der Waals surface area contributed by atoms with Gasteiger partial charge in [0.05, 0.1) is 25.3 Å². The molecule has 1 fully saturated rings. The third-order valence-corrected chi connectivity index (χ3v) is 4.06. The van der Waals surface area contributed by atoms with Crippen LogP contribution in [0.1, 0.15) is 24.9 Å². The summed E-state index contributed by atoms with van der Waals surface area (Å²) in [6, 6.07) is 7.46. The summed E-state index contributed by atoms with van der Waals surface area (Å²) in [6.07, 6.45) is 0.711. The standard InChI is InChI=1S/C16H23ClN2O3/c1-12-11-22-10-8-19(12)16(20)18-15(7-9-21-2)13-3-5-14(17)6-4-13/h3-6,12,15H,7-11H2,1-2H3,(H,18,20)/t12-,15-/m0/s1. The summed E-state index contributed by atoms with van der Waals surface area (Å²) in [5.74, 6) is 0. The van der Waals surface area contributed by atoms with Gasteiger partial charge in [-0.15, -0.1) is 0 Å². The molecule has 1 N–H and O–H groups in total. The van der Waals surface area contributed by atoms with Gasteiger partial charge in [-0.3, -0.25) is 0 Å². The van der Waals surface area contributed by atoms with E-state index in [9.17, 15) is 4.79 Å². The van der Waals surface area contributed by atoms with Crippen LogP contribution in [0, 0.1) is 0 Å². The lowest BCUT2D eigenvalue weighted by Gasteiger charge is -2.34. The van der Waals surface area contributed by atoms with Gasteiger partial charge in [-0.2, -0.15) is 0 Å². The Hall–Kier alpha value is -1.30. The zero-order chi connectivity index (χ0) is 15.9. The van der Waals surface area contributed by atoms with Gasteiger partial charge in [-0.1, -0.05) is 23.7 Å². The Bertz CT molecular complexity index is 481. The zero-order valence-electron chi connectivity index (χ0n) is 13.0. The van der Waals surface area contributed by atoms with Crippen molar-refractivity contribution in [2.75, 3.05) is 33.5 Å². The molecule has 22 heavy (non-hydrogen) atoms. The van der Waals surface area contributed by atoms with Gasteiger partial charge in [0.2, 0.25) is 0 Å². The summed E-state index contributed by atoms with van der Waals surface area (Å²) in [7, 11) is 1.66. The van der Waals surface area contributed by atoms with Gasteiger partial charge < -0.3 is 19.7 Å². The maximum atomic E-state index is 12.5. The molecule has 6 heteroatoms. The molecule has 1 heterocycles. The van der Waals surface area contributed by atoms with Crippen LogP contribution in [0.2, 0.25) is 5.02 Å². The Morgan fingerprint density at radius 1 is 1.50 bits per heavy atom. The minimum absolute atomic E-state index is 0.0631. The molecule has 0 spiro atoms. The second kappa shape index (κ2) is 8.36. The van der Waals surface area contributed by atoms with Crippen molar-refractivity contribution in [2.24, 2.45) is 0 Å². The van der Waals surface area contributed by atoms with Crippen molar-refractivity contribution >= 4 is 17.6 Å². The number of carbonyl (C=O) groups is 1. The molecule has 5 nitrogen and oxygen atoms in total. The molecule has 0 bridgehead atoms. The van der Waals surface area contributed by atoms with Crippen LogP contribution in [-0.2, 0) is 9.47 Å². The molecule has 1 saturated heterocycles. The van der Waals surface area contributed by atoms with E-state index in [1.54, 1.807) is 7.11 Å². The van der Waals surface area contributed by atoms with Crippen LogP contribution in [0.15, 0.2) is 24.3 Å². The van der Waals surface area contributed by atoms with Gasteiger partial charge in [0.1, 0.15) is 0 Å². The highest BCUT2D eigenvalue weighted by Gasteiger charge is 2.25. The number of methoxy groups -OCH3 is 1. The largest absolute Gasteiger partial charge is 0.385 e. The molecule has 1 aliphatic heterocycles. The normalized spacial score (nSPS) is 19.8. The summed E-state index contributed by atoms with van der Waals surface area (Å²) in [5.41, 5.74) is 1.02. The van der Waals surface area contributed by atoms with E-state index in [1.165, 1.54) is 0 Å². The number of benzene rings is 1. The average Bonchev–Trinajstić information content (AvgIpc) is 2.52. The van der Waals surface area contributed by atoms with Crippen molar-refractivity contribution in [1.29, 1.82) is 0 Å². The lowest BCUT2D eigenvalue weighted by Crippen LogP contribution is -2.51. The highest BCUT2D eigenvalue weighted by molar-refractivity contribution is 6.30. The first kappa shape index (κ1) is 17.1. The second-order valence-corrected chi connectivity index (χ2v) is 5.89. The van der Waals surface area contributed by atoms with Crippen molar-refractivity contribution < 1.29 is 14.3 Å². The van der Waals surface area contributed by atoms with E-state index in [0.717, 1.165) is 5.56 Å². The Labute approximate surface area is 136 Å². The monoisotopic (exact) mass is 326 g/mol. The zero-order valence-corrected chi connectivity index (χ0v) is 13.8. The summed E-state index contributed by atoms with van der Waals surface area (Å²) in [5, 5.41) is 3.78. The fourth-order valence-corrected chi connectivity index (χ4v) is 2.64.